The minimum atomic E-state index is -0.332. The fourth-order valence-corrected chi connectivity index (χ4v) is 3.83. The molecule has 0 aliphatic carbocycles. The summed E-state index contributed by atoms with van der Waals surface area (Å²) in [6.07, 6.45) is 7.59. The number of fused-ring (bicyclic) bond motifs is 1. The number of rotatable bonds is 4. The lowest BCUT2D eigenvalue weighted by Gasteiger charge is -2.30. The third-order valence-corrected chi connectivity index (χ3v) is 5.39. The molecule has 3 aromatic heterocycles. The van der Waals surface area contributed by atoms with Crippen LogP contribution in [0.1, 0.15) is 40.9 Å². The van der Waals surface area contributed by atoms with Crippen LogP contribution in [-0.4, -0.2) is 44.3 Å². The largest absolute Gasteiger partial charge is 0.329 e. The molecule has 8 heteroatoms. The number of aryl methyl sites for hydroxylation is 1. The van der Waals surface area contributed by atoms with Gasteiger partial charge in [-0.1, -0.05) is 12.1 Å². The Hall–Kier alpha value is -2.77. The summed E-state index contributed by atoms with van der Waals surface area (Å²) in [4.78, 5) is 37.1. The molecule has 1 fully saturated rings. The second-order valence-electron chi connectivity index (χ2n) is 7.50. The number of hydrogen-bond donors (Lipinski definition) is 1. The van der Waals surface area contributed by atoms with E-state index in [0.29, 0.717) is 12.2 Å². The van der Waals surface area contributed by atoms with Gasteiger partial charge in [0, 0.05) is 24.6 Å². The molecule has 4 heterocycles. The highest BCUT2D eigenvalue weighted by Crippen LogP contribution is 2.18. The summed E-state index contributed by atoms with van der Waals surface area (Å²) in [5.41, 5.74) is 2.05. The van der Waals surface area contributed by atoms with Crippen molar-refractivity contribution >= 4 is 24.0 Å². The molecule has 3 aromatic rings. The Morgan fingerprint density at radius 2 is 2.07 bits per heavy atom. The van der Waals surface area contributed by atoms with Crippen LogP contribution in [0.5, 0.6) is 0 Å². The van der Waals surface area contributed by atoms with Gasteiger partial charge in [0.15, 0.2) is 0 Å². The van der Waals surface area contributed by atoms with Crippen LogP contribution < -0.4 is 10.9 Å². The van der Waals surface area contributed by atoms with Crippen molar-refractivity contribution in [2.24, 2.45) is 0 Å². The Kier molecular flexibility index (Phi) is 7.18. The first kappa shape index (κ1) is 21.9. The van der Waals surface area contributed by atoms with Crippen LogP contribution in [-0.2, 0) is 6.54 Å². The summed E-state index contributed by atoms with van der Waals surface area (Å²) < 4.78 is 1.45. The molecule has 7 nitrogen and oxygen atoms in total. The Bertz CT molecular complexity index is 1060. The number of halogens is 1. The van der Waals surface area contributed by atoms with E-state index in [0.717, 1.165) is 43.6 Å². The van der Waals surface area contributed by atoms with Crippen molar-refractivity contribution < 1.29 is 4.79 Å². The molecule has 1 N–H and O–H groups in total. The zero-order chi connectivity index (χ0) is 20.2. The highest BCUT2D eigenvalue weighted by Gasteiger charge is 2.28. The van der Waals surface area contributed by atoms with Crippen molar-refractivity contribution in [3.63, 3.8) is 0 Å². The minimum Gasteiger partial charge on any atom is -0.329 e. The van der Waals surface area contributed by atoms with Gasteiger partial charge in [-0.2, -0.15) is 0 Å². The van der Waals surface area contributed by atoms with Crippen LogP contribution >= 0.6 is 12.4 Å². The summed E-state index contributed by atoms with van der Waals surface area (Å²) in [6.45, 7) is 4.08. The van der Waals surface area contributed by atoms with Crippen LogP contribution in [0.4, 0.5) is 0 Å². The lowest BCUT2D eigenvalue weighted by molar-refractivity contribution is 0.0640. The lowest BCUT2D eigenvalue weighted by Crippen LogP contribution is -2.43. The molecule has 1 atom stereocenters. The van der Waals surface area contributed by atoms with Gasteiger partial charge in [0.1, 0.15) is 11.2 Å². The molecule has 1 saturated heterocycles. The van der Waals surface area contributed by atoms with Gasteiger partial charge in [-0.15, -0.1) is 12.4 Å². The highest BCUT2D eigenvalue weighted by molar-refractivity contribution is 5.94. The molecule has 1 amide bonds. The molecule has 1 unspecified atom stereocenters. The highest BCUT2D eigenvalue weighted by atomic mass is 35.5. The fraction of sp³-hybridized carbons (Fsp3) is 0.364. The van der Waals surface area contributed by atoms with E-state index >= 15 is 0 Å². The molecule has 4 rings (SSSR count). The summed E-state index contributed by atoms with van der Waals surface area (Å²) in [7, 11) is 0. The van der Waals surface area contributed by atoms with E-state index in [1.807, 2.05) is 31.2 Å². The summed E-state index contributed by atoms with van der Waals surface area (Å²) in [5.74, 6) is -0.282. The average molecular weight is 428 g/mol. The molecule has 0 saturated carbocycles. The first-order valence-electron chi connectivity index (χ1n) is 10.0. The zero-order valence-corrected chi connectivity index (χ0v) is 17.8. The van der Waals surface area contributed by atoms with Crippen LogP contribution in [0, 0.1) is 6.92 Å². The van der Waals surface area contributed by atoms with E-state index < -0.39 is 0 Å². The number of nitrogens with one attached hydrogen (secondary N) is 1. The number of carbonyl (C=O) groups is 1. The number of pyridine rings is 2. The van der Waals surface area contributed by atoms with Crippen LogP contribution in [0.2, 0.25) is 0 Å². The summed E-state index contributed by atoms with van der Waals surface area (Å²) in [6, 6.07) is 9.41. The van der Waals surface area contributed by atoms with Gasteiger partial charge < -0.3 is 10.2 Å². The van der Waals surface area contributed by atoms with Gasteiger partial charge in [-0.25, -0.2) is 4.98 Å². The smallest absolute Gasteiger partial charge is 0.270 e. The maximum Gasteiger partial charge on any atom is 0.270 e. The molecule has 158 valence electrons. The molecule has 30 heavy (non-hydrogen) atoms. The first-order chi connectivity index (χ1) is 14.1. The predicted octanol–water partition coefficient (Wildman–Crippen LogP) is 2.60. The van der Waals surface area contributed by atoms with Gasteiger partial charge in [0.2, 0.25) is 0 Å². The van der Waals surface area contributed by atoms with Crippen LogP contribution in [0.25, 0.3) is 5.65 Å². The second kappa shape index (κ2) is 9.82. The number of amides is 1. The monoisotopic (exact) mass is 427 g/mol. The maximum atomic E-state index is 13.5. The fourth-order valence-electron chi connectivity index (χ4n) is 3.83. The predicted molar refractivity (Wildman–Crippen MR) is 118 cm³/mol. The number of aromatic nitrogens is 3. The van der Waals surface area contributed by atoms with Crippen LogP contribution in [0.15, 0.2) is 53.7 Å². The van der Waals surface area contributed by atoms with E-state index in [2.05, 4.69) is 15.3 Å². The first-order valence-corrected chi connectivity index (χ1v) is 10.0. The van der Waals surface area contributed by atoms with Gasteiger partial charge in [0.25, 0.3) is 11.5 Å². The molecular weight excluding hydrogens is 402 g/mol. The van der Waals surface area contributed by atoms with Crippen molar-refractivity contribution in [2.45, 2.75) is 38.8 Å². The van der Waals surface area contributed by atoms with Crippen LogP contribution in [0.3, 0.4) is 0 Å². The van der Waals surface area contributed by atoms with E-state index in [9.17, 15) is 9.59 Å². The maximum absolute atomic E-state index is 13.5. The Morgan fingerprint density at radius 1 is 1.20 bits per heavy atom. The molecule has 0 aromatic carbocycles. The van der Waals surface area contributed by atoms with Crippen molar-refractivity contribution in [3.05, 3.63) is 76.1 Å². The number of carbonyl (C=O) groups excluding carboxylic acids is 1. The molecule has 1 aliphatic heterocycles. The normalized spacial score (nSPS) is 16.5. The molecule has 1 aliphatic rings. The van der Waals surface area contributed by atoms with E-state index in [4.69, 9.17) is 0 Å². The molecule has 0 radical (unpaired) electrons. The van der Waals surface area contributed by atoms with E-state index in [1.165, 1.54) is 10.6 Å². The van der Waals surface area contributed by atoms with Gasteiger partial charge >= 0.3 is 0 Å². The second-order valence-corrected chi connectivity index (χ2v) is 7.50. The zero-order valence-electron chi connectivity index (χ0n) is 17.0. The SMILES string of the molecule is Cc1ccc2ncc(C(=O)N(Cc3ccccn3)C3CCCNCC3)c(=O)n2c1.Cl. The van der Waals surface area contributed by atoms with Crippen molar-refractivity contribution in [1.82, 2.24) is 24.6 Å². The standard InChI is InChI=1S/C22H25N5O2.ClH/c1-16-7-8-20-25-13-19(22(29)27(20)14-16)21(28)26(15-17-5-2-3-11-24-17)18-6-4-10-23-12-9-18;/h2-3,5,7-8,11,13-14,18,23H,4,6,9-10,12,15H2,1H3;1H. The van der Waals surface area contributed by atoms with E-state index in [1.54, 1.807) is 23.4 Å². The van der Waals surface area contributed by atoms with Crippen molar-refractivity contribution in [2.75, 3.05) is 13.1 Å². The topological polar surface area (TPSA) is 79.6 Å². The van der Waals surface area contributed by atoms with Crippen molar-refractivity contribution in [1.29, 1.82) is 0 Å². The lowest BCUT2D eigenvalue weighted by atomic mass is 10.1. The van der Waals surface area contributed by atoms with Gasteiger partial charge in [-0.05, 0) is 63.0 Å². The summed E-state index contributed by atoms with van der Waals surface area (Å²) >= 11 is 0. The number of nitrogens with zero attached hydrogens (tertiary/aromatic N) is 4. The Labute approximate surface area is 181 Å². The molecular formula is C22H26ClN5O2. The quantitative estimate of drug-likeness (QED) is 0.692. The number of hydrogen-bond acceptors (Lipinski definition) is 5. The average Bonchev–Trinajstić information content (AvgIpc) is 3.02. The van der Waals surface area contributed by atoms with Crippen molar-refractivity contribution in [3.8, 4) is 0 Å². The van der Waals surface area contributed by atoms with Gasteiger partial charge in [-0.3, -0.25) is 19.0 Å². The van der Waals surface area contributed by atoms with Gasteiger partial charge in [0.05, 0.1) is 12.2 Å². The third-order valence-electron chi connectivity index (χ3n) is 5.39. The van der Waals surface area contributed by atoms with E-state index in [-0.39, 0.29) is 35.5 Å². The minimum absolute atomic E-state index is 0. The third kappa shape index (κ3) is 4.68. The Morgan fingerprint density at radius 3 is 2.87 bits per heavy atom. The molecule has 0 bridgehead atoms. The summed E-state index contributed by atoms with van der Waals surface area (Å²) in [5, 5.41) is 3.38. The molecule has 0 spiro atoms. The Balaban J connectivity index is 0.00000256.